The molecular weight excluding hydrogens is 471 g/mol. The Balaban J connectivity index is 0. The molecule has 0 aliphatic carbocycles. The molecule has 0 aromatic rings. The maximum absolute atomic E-state index is 0. The molecule has 0 aromatic carbocycles. The van der Waals surface area contributed by atoms with E-state index in [0.29, 0.717) is 0 Å². The Morgan fingerprint density at radius 1 is 0.583 bits per heavy atom. The fraction of sp³-hybridized carbons (Fsp3) is 0. The van der Waals surface area contributed by atoms with Crippen molar-refractivity contribution in [2.24, 2.45) is 0 Å². The molecular formula is H10CaCrCuF7FeI. The molecule has 0 rings (SSSR count). The maximum atomic E-state index is 0. The third-order valence-electron chi connectivity index (χ3n) is 0. The Morgan fingerprint density at radius 3 is 0.583 bits per heavy atom. The Hall–Kier alpha value is 3.07. The largest absolute Gasteiger partial charge is 2.00 e. The SMILES string of the molecule is F.F.F.F.F.F.F.I.[Ca+2].[Cr].[Cu].[Fe].[H-].[H-]. The van der Waals surface area contributed by atoms with Gasteiger partial charge in [0.2, 0.25) is 0 Å². The fourth-order valence-electron chi connectivity index (χ4n) is 0. The van der Waals surface area contributed by atoms with Crippen molar-refractivity contribution >= 4 is 61.7 Å². The first-order chi connectivity index (χ1) is 0. The number of hydrogen-bond acceptors (Lipinski definition) is 0. The van der Waals surface area contributed by atoms with Gasteiger partial charge in [0.05, 0.1) is 0 Å². The summed E-state index contributed by atoms with van der Waals surface area (Å²) in [7, 11) is 0. The summed E-state index contributed by atoms with van der Waals surface area (Å²) in [6.07, 6.45) is 0. The van der Waals surface area contributed by atoms with Crippen molar-refractivity contribution in [1.29, 1.82) is 0 Å². The monoisotopic (exact) mass is 481 g/mol. The van der Waals surface area contributed by atoms with E-state index in [4.69, 9.17) is 0 Å². The van der Waals surface area contributed by atoms with Gasteiger partial charge in [0.1, 0.15) is 0 Å². The average Bonchev–Trinajstić information content (AvgIpc) is 0. The van der Waals surface area contributed by atoms with E-state index >= 15 is 0 Å². The summed E-state index contributed by atoms with van der Waals surface area (Å²) in [5, 5.41) is 0. The van der Waals surface area contributed by atoms with Gasteiger partial charge in [-0.15, -0.1) is 24.0 Å². The number of rotatable bonds is 0. The number of hydrogen-bond donors (Lipinski definition) is 0. The van der Waals surface area contributed by atoms with Crippen molar-refractivity contribution in [2.45, 2.75) is 0 Å². The van der Waals surface area contributed by atoms with Gasteiger partial charge in [-0.3, -0.25) is 32.9 Å². The zero-order valence-electron chi connectivity index (χ0n) is 7.04. The third-order valence-corrected chi connectivity index (χ3v) is 0. The van der Waals surface area contributed by atoms with Gasteiger partial charge in [-0.25, -0.2) is 0 Å². The Bertz CT molecular complexity index is 31.7. The summed E-state index contributed by atoms with van der Waals surface area (Å²) in [5.41, 5.74) is 0. The smallest absolute Gasteiger partial charge is 1.00 e. The minimum Gasteiger partial charge on any atom is -1.00 e. The Kier molecular flexibility index (Phi) is 6720. The molecule has 93 valence electrons. The summed E-state index contributed by atoms with van der Waals surface area (Å²) >= 11 is 0. The van der Waals surface area contributed by atoms with Crippen molar-refractivity contribution in [3.63, 3.8) is 0 Å². The second-order valence-corrected chi connectivity index (χ2v) is 0. The van der Waals surface area contributed by atoms with Crippen LogP contribution in [0.4, 0.5) is 32.9 Å². The molecule has 12 heavy (non-hydrogen) atoms. The van der Waals surface area contributed by atoms with E-state index < -0.39 is 0 Å². The molecule has 0 unspecified atom stereocenters. The van der Waals surface area contributed by atoms with Crippen LogP contribution in [0.1, 0.15) is 2.85 Å². The van der Waals surface area contributed by atoms with Gasteiger partial charge in [0, 0.05) is 51.5 Å². The summed E-state index contributed by atoms with van der Waals surface area (Å²) in [4.78, 5) is 0. The molecule has 0 atom stereocenters. The van der Waals surface area contributed by atoms with Crippen molar-refractivity contribution in [3.8, 4) is 0 Å². The van der Waals surface area contributed by atoms with Crippen LogP contribution in [0.3, 0.4) is 0 Å². The predicted molar refractivity (Wildman–Crippen MR) is 40.9 cm³/mol. The fourth-order valence-corrected chi connectivity index (χ4v) is 0. The summed E-state index contributed by atoms with van der Waals surface area (Å²) in [6.45, 7) is 0. The zero-order valence-corrected chi connectivity index (χ0v) is 12.9. The van der Waals surface area contributed by atoms with Gasteiger partial charge in [-0.2, -0.15) is 0 Å². The molecule has 0 saturated heterocycles. The second kappa shape index (κ2) is 255. The Morgan fingerprint density at radius 2 is 0.583 bits per heavy atom. The molecule has 0 amide bonds. The molecule has 0 heterocycles. The second-order valence-electron chi connectivity index (χ2n) is 0. The molecule has 1 radical (unpaired) electrons. The van der Waals surface area contributed by atoms with Gasteiger partial charge in [-0.05, 0) is 0 Å². The van der Waals surface area contributed by atoms with E-state index in [-0.39, 0.29) is 149 Å². The topological polar surface area (TPSA) is 0 Å². The molecule has 0 fully saturated rings. The Labute approximate surface area is 147 Å². The molecule has 0 aliphatic rings. The van der Waals surface area contributed by atoms with Crippen LogP contribution in [0.5, 0.6) is 0 Å². The van der Waals surface area contributed by atoms with Crippen LogP contribution in [0.25, 0.3) is 0 Å². The van der Waals surface area contributed by atoms with Crippen LogP contribution < -0.4 is 0 Å². The van der Waals surface area contributed by atoms with Crippen molar-refractivity contribution < 1.29 is 87.3 Å². The molecule has 0 spiro atoms. The molecule has 0 N–H and O–H groups in total. The molecule has 0 aromatic heterocycles. The van der Waals surface area contributed by atoms with Crippen molar-refractivity contribution in [1.82, 2.24) is 0 Å². The van der Waals surface area contributed by atoms with Crippen LogP contribution in [0.15, 0.2) is 0 Å². The first kappa shape index (κ1) is 316. The molecule has 0 aliphatic heterocycles. The maximum Gasteiger partial charge on any atom is 2.00 e. The minimum atomic E-state index is 0. The van der Waals surface area contributed by atoms with Gasteiger partial charge in [0.25, 0.3) is 0 Å². The molecule has 0 bridgehead atoms. The van der Waals surface area contributed by atoms with E-state index in [1.54, 1.807) is 0 Å². The van der Waals surface area contributed by atoms with Crippen LogP contribution in [-0.2, 0) is 51.5 Å². The van der Waals surface area contributed by atoms with Crippen LogP contribution in [0, 0.1) is 0 Å². The van der Waals surface area contributed by atoms with Gasteiger partial charge >= 0.3 is 37.7 Å². The van der Waals surface area contributed by atoms with Gasteiger partial charge < -0.3 is 2.85 Å². The standard InChI is InChI=1S/Ca.Cr.Cu.7FH.Fe.HI.2H/h;;;7*1H;;1H;;/q+2;;;;;;;;;;;;2*-1. The quantitative estimate of drug-likeness (QED) is 0.280. The van der Waals surface area contributed by atoms with Crippen molar-refractivity contribution in [3.05, 3.63) is 0 Å². The van der Waals surface area contributed by atoms with Gasteiger partial charge in [-0.1, -0.05) is 0 Å². The summed E-state index contributed by atoms with van der Waals surface area (Å²) < 4.78 is 0. The predicted octanol–water partition coefficient (Wildman–Crippen LogP) is 1.52. The zero-order chi connectivity index (χ0) is 0. The van der Waals surface area contributed by atoms with Crippen LogP contribution in [-0.4, -0.2) is 37.7 Å². The van der Waals surface area contributed by atoms with Gasteiger partial charge in [0.15, 0.2) is 0 Å². The van der Waals surface area contributed by atoms with E-state index in [1.165, 1.54) is 0 Å². The number of halogens is 8. The molecule has 0 nitrogen and oxygen atoms in total. The van der Waals surface area contributed by atoms with E-state index in [1.807, 2.05) is 0 Å². The van der Waals surface area contributed by atoms with E-state index in [2.05, 4.69) is 0 Å². The molecule has 0 saturated carbocycles. The van der Waals surface area contributed by atoms with E-state index in [9.17, 15) is 0 Å². The summed E-state index contributed by atoms with van der Waals surface area (Å²) in [6, 6.07) is 0. The molecule has 12 heteroatoms. The minimum absolute atomic E-state index is 0. The first-order valence-electron chi connectivity index (χ1n) is 0. The van der Waals surface area contributed by atoms with Crippen LogP contribution in [0.2, 0.25) is 0 Å². The average molecular weight is 481 g/mol. The third kappa shape index (κ3) is 202. The van der Waals surface area contributed by atoms with E-state index in [0.717, 1.165) is 0 Å². The first-order valence-corrected chi connectivity index (χ1v) is 0. The van der Waals surface area contributed by atoms with Crippen molar-refractivity contribution in [2.75, 3.05) is 0 Å². The normalized spacial score (nSPS) is 0. The van der Waals surface area contributed by atoms with Crippen LogP contribution >= 0.6 is 24.0 Å². The summed E-state index contributed by atoms with van der Waals surface area (Å²) in [5.74, 6) is 0.